The highest BCUT2D eigenvalue weighted by atomic mass is 19.4. The van der Waals surface area contributed by atoms with Gasteiger partial charge in [-0.2, -0.15) is 23.4 Å². The second kappa shape index (κ2) is 6.98. The smallest absolute Gasteiger partial charge is 0.323 e. The zero-order chi connectivity index (χ0) is 24.2. The second-order valence-electron chi connectivity index (χ2n) is 11.7. The number of urea groups is 1. The van der Waals surface area contributed by atoms with Crippen molar-refractivity contribution in [2.75, 3.05) is 39.3 Å². The van der Waals surface area contributed by atoms with E-state index in [2.05, 4.69) is 20.1 Å². The summed E-state index contributed by atoms with van der Waals surface area (Å²) in [7, 11) is 1.55. The van der Waals surface area contributed by atoms with Crippen molar-refractivity contribution in [2.24, 2.45) is 17.9 Å². The van der Waals surface area contributed by atoms with E-state index in [9.17, 15) is 18.0 Å². The summed E-state index contributed by atoms with van der Waals surface area (Å²) in [6.45, 7) is 5.16. The summed E-state index contributed by atoms with van der Waals surface area (Å²) in [5, 5.41) is 8.25. The Hall–Kier alpha value is -2.63. The van der Waals surface area contributed by atoms with Gasteiger partial charge in [0, 0.05) is 69.6 Å². The molecule has 5 aliphatic rings. The number of hydrogen-bond acceptors (Lipinski definition) is 5. The molecule has 188 valence electrons. The number of hydrogen-bond donors (Lipinski definition) is 0. The van der Waals surface area contributed by atoms with E-state index < -0.39 is 11.9 Å². The number of likely N-dealkylation sites (tertiary alicyclic amines) is 3. The number of carbonyl (C=O) groups excluding carboxylic acids is 1. The topological polar surface area (TPSA) is 75.3 Å². The second-order valence-corrected chi connectivity index (χ2v) is 11.7. The molecule has 2 aromatic heterocycles. The van der Waals surface area contributed by atoms with Crippen LogP contribution in [0.15, 0.2) is 12.4 Å². The van der Waals surface area contributed by atoms with E-state index in [0.717, 1.165) is 64.0 Å². The summed E-state index contributed by atoms with van der Waals surface area (Å²) in [6, 6.07) is 1.66. The Morgan fingerprint density at radius 1 is 1.03 bits per heavy atom. The van der Waals surface area contributed by atoms with Gasteiger partial charge in [0.2, 0.25) is 0 Å². The quantitative estimate of drug-likeness (QED) is 0.659. The predicted molar refractivity (Wildman–Crippen MR) is 117 cm³/mol. The molecule has 5 heterocycles. The monoisotopic (exact) mass is 490 g/mol. The highest BCUT2D eigenvalue weighted by Gasteiger charge is 2.58. The Balaban J connectivity index is 0.853. The summed E-state index contributed by atoms with van der Waals surface area (Å²) in [4.78, 5) is 23.4. The van der Waals surface area contributed by atoms with Crippen LogP contribution >= 0.6 is 0 Å². The van der Waals surface area contributed by atoms with E-state index in [0.29, 0.717) is 24.2 Å². The van der Waals surface area contributed by atoms with Crippen LogP contribution in [0.4, 0.5) is 18.0 Å². The average molecular weight is 491 g/mol. The van der Waals surface area contributed by atoms with E-state index >= 15 is 0 Å². The van der Waals surface area contributed by atoms with E-state index in [1.807, 2.05) is 20.8 Å². The molecule has 3 aliphatic heterocycles. The molecule has 0 aromatic carbocycles. The van der Waals surface area contributed by atoms with Gasteiger partial charge < -0.3 is 9.80 Å². The molecule has 3 saturated heterocycles. The lowest BCUT2D eigenvalue weighted by Gasteiger charge is -2.63. The van der Waals surface area contributed by atoms with E-state index in [1.54, 1.807) is 7.05 Å². The first kappa shape index (κ1) is 21.6. The van der Waals surface area contributed by atoms with Crippen molar-refractivity contribution in [2.45, 2.75) is 50.4 Å². The third kappa shape index (κ3) is 3.54. The molecule has 2 aromatic rings. The van der Waals surface area contributed by atoms with Crippen molar-refractivity contribution in [3.63, 3.8) is 0 Å². The molecule has 0 N–H and O–H groups in total. The molecule has 5 fully saturated rings. The van der Waals surface area contributed by atoms with Crippen molar-refractivity contribution >= 4 is 6.03 Å². The van der Waals surface area contributed by atoms with E-state index in [4.69, 9.17) is 0 Å². The number of rotatable bonds is 4. The van der Waals surface area contributed by atoms with E-state index in [1.165, 1.54) is 17.5 Å². The molecule has 7 rings (SSSR count). The van der Waals surface area contributed by atoms with Crippen molar-refractivity contribution in [3.05, 3.63) is 29.6 Å². The average Bonchev–Trinajstić information content (AvgIpc) is 3.29. The van der Waals surface area contributed by atoms with Crippen molar-refractivity contribution in [1.82, 2.24) is 39.2 Å². The normalized spacial score (nSPS) is 25.4. The highest BCUT2D eigenvalue weighted by Crippen LogP contribution is 2.54. The maximum atomic E-state index is 12.9. The number of halogens is 3. The fraction of sp³-hybridized carbons (Fsp3) is 0.739. The van der Waals surface area contributed by atoms with Gasteiger partial charge in [-0.3, -0.25) is 9.58 Å². The number of aryl methyl sites for hydroxylation is 1. The third-order valence-electron chi connectivity index (χ3n) is 8.60. The Labute approximate surface area is 200 Å². The summed E-state index contributed by atoms with van der Waals surface area (Å²) in [6.07, 6.45) is 1.99. The number of carbonyl (C=O) groups is 1. The SMILES string of the molecule is Cn1nc(C(F)(F)F)cc1CN1CC2(C1)CN(C(=O)N1CC3(CC(n4cnc(C5CC5)n4)C3)C1)C2. The molecule has 2 amide bonds. The van der Waals surface area contributed by atoms with Crippen LogP contribution in [0, 0.1) is 10.8 Å². The van der Waals surface area contributed by atoms with Crippen molar-refractivity contribution in [3.8, 4) is 0 Å². The van der Waals surface area contributed by atoms with Crippen LogP contribution in [0.25, 0.3) is 0 Å². The largest absolute Gasteiger partial charge is 0.435 e. The van der Waals surface area contributed by atoms with Gasteiger partial charge in [-0.15, -0.1) is 0 Å². The van der Waals surface area contributed by atoms with Gasteiger partial charge in [0.1, 0.15) is 6.33 Å². The molecular formula is C23H29F3N8O. The van der Waals surface area contributed by atoms with Crippen LogP contribution in [0.2, 0.25) is 0 Å². The molecule has 0 radical (unpaired) electrons. The van der Waals surface area contributed by atoms with Crippen LogP contribution in [-0.4, -0.2) is 84.5 Å². The Morgan fingerprint density at radius 2 is 1.69 bits per heavy atom. The Kier molecular flexibility index (Phi) is 4.32. The number of amides is 2. The molecule has 2 aliphatic carbocycles. The summed E-state index contributed by atoms with van der Waals surface area (Å²) in [5.74, 6) is 1.56. The molecule has 9 nitrogen and oxygen atoms in total. The minimum atomic E-state index is -4.42. The first-order valence-corrected chi connectivity index (χ1v) is 12.4. The lowest BCUT2D eigenvalue weighted by atomic mass is 9.60. The van der Waals surface area contributed by atoms with Gasteiger partial charge in [0.25, 0.3) is 0 Å². The number of aromatic nitrogens is 5. The standard InChI is InChI=1S/C23H29F3N8O/c1-30-16(4-18(28-30)23(24,25)26)7-31-8-22(9-31)12-33(13-22)20(35)32-10-21(11-32)5-17(6-21)34-14-27-19(29-34)15-2-3-15/h4,14-15,17H,2-3,5-13H2,1H3. The van der Waals surface area contributed by atoms with Gasteiger partial charge >= 0.3 is 12.2 Å². The zero-order valence-corrected chi connectivity index (χ0v) is 19.7. The van der Waals surface area contributed by atoms with Gasteiger partial charge in [-0.25, -0.2) is 14.5 Å². The zero-order valence-electron chi connectivity index (χ0n) is 19.7. The molecular weight excluding hydrogens is 461 g/mol. The van der Waals surface area contributed by atoms with Crippen LogP contribution in [0.1, 0.15) is 54.9 Å². The highest BCUT2D eigenvalue weighted by molar-refractivity contribution is 5.77. The van der Waals surface area contributed by atoms with Crippen LogP contribution in [-0.2, 0) is 19.8 Å². The first-order valence-electron chi connectivity index (χ1n) is 12.4. The van der Waals surface area contributed by atoms with Crippen LogP contribution < -0.4 is 0 Å². The minimum absolute atomic E-state index is 0.0948. The van der Waals surface area contributed by atoms with Gasteiger partial charge in [0.15, 0.2) is 11.5 Å². The van der Waals surface area contributed by atoms with Gasteiger partial charge in [0.05, 0.1) is 11.7 Å². The van der Waals surface area contributed by atoms with Crippen molar-refractivity contribution in [1.29, 1.82) is 0 Å². The molecule has 35 heavy (non-hydrogen) atoms. The van der Waals surface area contributed by atoms with Crippen LogP contribution in [0.3, 0.4) is 0 Å². The maximum absolute atomic E-state index is 12.9. The lowest BCUT2D eigenvalue weighted by Crippen LogP contribution is -2.75. The van der Waals surface area contributed by atoms with Crippen molar-refractivity contribution < 1.29 is 18.0 Å². The summed E-state index contributed by atoms with van der Waals surface area (Å²) < 4.78 is 42.0. The summed E-state index contributed by atoms with van der Waals surface area (Å²) in [5.41, 5.74) is 0.0523. The predicted octanol–water partition coefficient (Wildman–Crippen LogP) is 2.48. The first-order chi connectivity index (χ1) is 16.6. The number of nitrogens with zero attached hydrogens (tertiary/aromatic N) is 8. The molecule has 0 atom stereocenters. The molecule has 0 bridgehead atoms. The van der Waals surface area contributed by atoms with Gasteiger partial charge in [-0.1, -0.05) is 0 Å². The molecule has 0 unspecified atom stereocenters. The Morgan fingerprint density at radius 3 is 2.29 bits per heavy atom. The summed E-state index contributed by atoms with van der Waals surface area (Å²) >= 11 is 0. The fourth-order valence-electron chi connectivity index (χ4n) is 6.61. The third-order valence-corrected chi connectivity index (χ3v) is 8.60. The Bertz CT molecular complexity index is 1160. The fourth-order valence-corrected chi connectivity index (χ4v) is 6.61. The lowest BCUT2D eigenvalue weighted by molar-refractivity contribution is -0.141. The molecule has 12 heteroatoms. The van der Waals surface area contributed by atoms with Gasteiger partial charge in [-0.05, 0) is 31.7 Å². The maximum Gasteiger partial charge on any atom is 0.435 e. The number of alkyl halides is 3. The minimum Gasteiger partial charge on any atom is -0.323 e. The van der Waals surface area contributed by atoms with E-state index in [-0.39, 0.29) is 16.9 Å². The van der Waals surface area contributed by atoms with Crippen LogP contribution in [0.5, 0.6) is 0 Å². The molecule has 2 spiro atoms. The molecule has 2 saturated carbocycles.